The number of benzene rings is 2. The SMILES string of the molecule is Cc1ccc(-n2nc([Si](C)(C)C)cc2NC(=O)Nc2ccc(OCCN3CCOCC3)c3ccccc23)cn1. The fourth-order valence-corrected chi connectivity index (χ4v) is 5.47. The molecule has 204 valence electrons. The molecular formula is C29H36N6O3Si. The molecule has 1 saturated heterocycles. The molecule has 0 radical (unpaired) electrons. The number of pyridine rings is 1. The van der Waals surface area contributed by atoms with Crippen molar-refractivity contribution in [1.29, 1.82) is 0 Å². The zero-order chi connectivity index (χ0) is 27.4. The second kappa shape index (κ2) is 11.6. The molecule has 10 heteroatoms. The average molecular weight is 545 g/mol. The number of urea groups is 1. The third-order valence-electron chi connectivity index (χ3n) is 6.76. The van der Waals surface area contributed by atoms with E-state index in [1.54, 1.807) is 10.9 Å². The molecule has 2 aromatic heterocycles. The molecule has 2 N–H and O–H groups in total. The first-order valence-electron chi connectivity index (χ1n) is 13.3. The highest BCUT2D eigenvalue weighted by atomic mass is 28.3. The van der Waals surface area contributed by atoms with Gasteiger partial charge in [0.1, 0.15) is 26.2 Å². The number of fused-ring (bicyclic) bond motifs is 1. The highest BCUT2D eigenvalue weighted by Crippen LogP contribution is 2.32. The van der Waals surface area contributed by atoms with Crippen LogP contribution in [0.2, 0.25) is 19.6 Å². The number of ether oxygens (including phenoxy) is 2. The van der Waals surface area contributed by atoms with Gasteiger partial charge < -0.3 is 14.8 Å². The molecule has 3 heterocycles. The summed E-state index contributed by atoms with van der Waals surface area (Å²) >= 11 is 0. The highest BCUT2D eigenvalue weighted by Gasteiger charge is 2.24. The van der Waals surface area contributed by atoms with E-state index < -0.39 is 8.07 Å². The Balaban J connectivity index is 1.33. The lowest BCUT2D eigenvalue weighted by molar-refractivity contribution is 0.0323. The fraction of sp³-hybridized carbons (Fsp3) is 0.345. The van der Waals surface area contributed by atoms with Crippen LogP contribution >= 0.6 is 0 Å². The Labute approximate surface area is 230 Å². The van der Waals surface area contributed by atoms with E-state index in [4.69, 9.17) is 14.6 Å². The topological polar surface area (TPSA) is 93.5 Å². The minimum atomic E-state index is -1.73. The van der Waals surface area contributed by atoms with Gasteiger partial charge in [0.2, 0.25) is 0 Å². The lowest BCUT2D eigenvalue weighted by Crippen LogP contribution is -2.39. The Morgan fingerprint density at radius 1 is 1.03 bits per heavy atom. The molecule has 1 fully saturated rings. The van der Waals surface area contributed by atoms with E-state index >= 15 is 0 Å². The van der Waals surface area contributed by atoms with Gasteiger partial charge in [0.15, 0.2) is 0 Å². The summed E-state index contributed by atoms with van der Waals surface area (Å²) < 4.78 is 13.3. The fourth-order valence-electron chi connectivity index (χ4n) is 4.50. The number of amides is 2. The van der Waals surface area contributed by atoms with Gasteiger partial charge in [-0.1, -0.05) is 43.9 Å². The van der Waals surface area contributed by atoms with E-state index in [-0.39, 0.29) is 6.03 Å². The molecule has 9 nitrogen and oxygen atoms in total. The number of nitrogens with one attached hydrogen (secondary N) is 2. The van der Waals surface area contributed by atoms with E-state index in [1.807, 2.05) is 61.5 Å². The van der Waals surface area contributed by atoms with Gasteiger partial charge in [-0.05, 0) is 37.3 Å². The summed E-state index contributed by atoms with van der Waals surface area (Å²) in [5.74, 6) is 1.40. The smallest absolute Gasteiger partial charge is 0.324 e. The third kappa shape index (κ3) is 6.47. The Bertz CT molecular complexity index is 1440. The molecule has 0 saturated carbocycles. The zero-order valence-corrected chi connectivity index (χ0v) is 24.0. The van der Waals surface area contributed by atoms with E-state index in [0.29, 0.717) is 18.1 Å². The lowest BCUT2D eigenvalue weighted by atomic mass is 10.1. The maximum Gasteiger partial charge on any atom is 0.324 e. The van der Waals surface area contributed by atoms with Gasteiger partial charge in [-0.15, -0.1) is 0 Å². The number of aryl methyl sites for hydroxylation is 1. The van der Waals surface area contributed by atoms with Crippen molar-refractivity contribution in [3.63, 3.8) is 0 Å². The molecule has 4 aromatic rings. The number of morpholine rings is 1. The van der Waals surface area contributed by atoms with Gasteiger partial charge in [-0.2, -0.15) is 5.10 Å². The van der Waals surface area contributed by atoms with E-state index in [0.717, 1.165) is 66.1 Å². The van der Waals surface area contributed by atoms with Gasteiger partial charge in [-0.25, -0.2) is 9.48 Å². The first-order chi connectivity index (χ1) is 18.8. The van der Waals surface area contributed by atoms with Crippen LogP contribution in [-0.4, -0.2) is 73.2 Å². The molecular weight excluding hydrogens is 508 g/mol. The molecule has 0 spiro atoms. The van der Waals surface area contributed by atoms with Crippen molar-refractivity contribution in [2.24, 2.45) is 0 Å². The van der Waals surface area contributed by atoms with Crippen LogP contribution in [0.15, 0.2) is 60.8 Å². The van der Waals surface area contributed by atoms with E-state index in [9.17, 15) is 4.79 Å². The van der Waals surface area contributed by atoms with Gasteiger partial charge in [-0.3, -0.25) is 15.2 Å². The van der Waals surface area contributed by atoms with Crippen LogP contribution in [-0.2, 0) is 4.74 Å². The molecule has 39 heavy (non-hydrogen) atoms. The third-order valence-corrected chi connectivity index (χ3v) is 8.54. The average Bonchev–Trinajstić information content (AvgIpc) is 3.35. The largest absolute Gasteiger partial charge is 0.492 e. The van der Waals surface area contributed by atoms with E-state index in [2.05, 4.69) is 40.2 Å². The van der Waals surface area contributed by atoms with Crippen molar-refractivity contribution in [3.05, 3.63) is 66.5 Å². The van der Waals surface area contributed by atoms with Crippen molar-refractivity contribution in [2.45, 2.75) is 26.6 Å². The quantitative estimate of drug-likeness (QED) is 0.314. The van der Waals surface area contributed by atoms with E-state index in [1.165, 1.54) is 0 Å². The number of carbonyl (C=O) groups excluding carboxylic acids is 1. The van der Waals surface area contributed by atoms with Crippen LogP contribution in [0.3, 0.4) is 0 Å². The normalized spacial score (nSPS) is 14.4. The predicted molar refractivity (Wildman–Crippen MR) is 158 cm³/mol. The van der Waals surface area contributed by atoms with Gasteiger partial charge >= 0.3 is 6.03 Å². The summed E-state index contributed by atoms with van der Waals surface area (Å²) in [7, 11) is -1.73. The predicted octanol–water partition coefficient (Wildman–Crippen LogP) is 4.63. The maximum absolute atomic E-state index is 13.2. The van der Waals surface area contributed by atoms with Crippen molar-refractivity contribution in [2.75, 3.05) is 50.1 Å². The molecule has 5 rings (SSSR count). The highest BCUT2D eigenvalue weighted by molar-refractivity contribution is 6.88. The number of aromatic nitrogens is 3. The lowest BCUT2D eigenvalue weighted by Gasteiger charge is -2.26. The summed E-state index contributed by atoms with van der Waals surface area (Å²) in [6, 6.07) is 17.3. The standard InChI is InChI=1S/C29H36N6O3Si/c1-21-9-10-22(20-30-21)35-27(19-28(33-35)39(2,3)4)32-29(36)31-25-11-12-26(24-8-6-5-7-23(24)25)38-18-15-34-13-16-37-17-14-34/h5-12,19-20H,13-18H2,1-4H3,(H2,31,32,36). The van der Waals surface area contributed by atoms with Crippen molar-refractivity contribution in [1.82, 2.24) is 19.7 Å². The molecule has 2 amide bonds. The number of hydrogen-bond donors (Lipinski definition) is 2. The first-order valence-corrected chi connectivity index (χ1v) is 16.8. The molecule has 1 aliphatic rings. The molecule has 1 aliphatic heterocycles. The molecule has 0 unspecified atom stereocenters. The van der Waals surface area contributed by atoms with Gasteiger partial charge in [0.25, 0.3) is 0 Å². The summed E-state index contributed by atoms with van der Waals surface area (Å²) in [5, 5.41) is 13.7. The number of hydrogen-bond acceptors (Lipinski definition) is 6. The van der Waals surface area contributed by atoms with Gasteiger partial charge in [0, 0.05) is 41.4 Å². The molecule has 2 aromatic carbocycles. The minimum Gasteiger partial charge on any atom is -0.492 e. The summed E-state index contributed by atoms with van der Waals surface area (Å²) in [5.41, 5.74) is 2.42. The Morgan fingerprint density at radius 2 is 1.79 bits per heavy atom. The number of nitrogens with zero attached hydrogens (tertiary/aromatic N) is 4. The summed E-state index contributed by atoms with van der Waals surface area (Å²) in [6.45, 7) is 13.5. The van der Waals surface area contributed by atoms with Crippen LogP contribution in [0.1, 0.15) is 5.69 Å². The summed E-state index contributed by atoms with van der Waals surface area (Å²) in [4.78, 5) is 20.0. The number of carbonyl (C=O) groups is 1. The van der Waals surface area contributed by atoms with Crippen LogP contribution in [0, 0.1) is 6.92 Å². The first kappa shape index (κ1) is 26.9. The van der Waals surface area contributed by atoms with Crippen molar-refractivity contribution >= 4 is 41.7 Å². The van der Waals surface area contributed by atoms with Crippen molar-refractivity contribution in [3.8, 4) is 11.4 Å². The number of anilines is 2. The maximum atomic E-state index is 13.2. The Morgan fingerprint density at radius 3 is 2.51 bits per heavy atom. The zero-order valence-electron chi connectivity index (χ0n) is 23.0. The molecule has 0 bridgehead atoms. The van der Waals surface area contributed by atoms with Crippen LogP contribution in [0.5, 0.6) is 5.75 Å². The Hall–Kier alpha value is -3.73. The second-order valence-corrected chi connectivity index (χ2v) is 15.8. The monoisotopic (exact) mass is 544 g/mol. The van der Waals surface area contributed by atoms with Crippen LogP contribution in [0.4, 0.5) is 16.3 Å². The second-order valence-electron chi connectivity index (χ2n) is 10.8. The van der Waals surface area contributed by atoms with Crippen molar-refractivity contribution < 1.29 is 14.3 Å². The minimum absolute atomic E-state index is 0.343. The number of rotatable bonds is 8. The van der Waals surface area contributed by atoms with Crippen LogP contribution in [0.25, 0.3) is 16.5 Å². The molecule has 0 atom stereocenters. The Kier molecular flexibility index (Phi) is 7.96. The summed E-state index contributed by atoms with van der Waals surface area (Å²) in [6.07, 6.45) is 1.77. The molecule has 0 aliphatic carbocycles. The van der Waals surface area contributed by atoms with Crippen LogP contribution < -0.4 is 20.7 Å². The van der Waals surface area contributed by atoms with Gasteiger partial charge in [0.05, 0.1) is 30.8 Å².